The smallest absolute Gasteiger partial charge is 0.228 e. The fourth-order valence-corrected chi connectivity index (χ4v) is 1.73. The fraction of sp³-hybridized carbons (Fsp3) is 0.400. The molecule has 0 radical (unpaired) electrons. The summed E-state index contributed by atoms with van der Waals surface area (Å²) in [4.78, 5) is 15.7. The zero-order valence-electron chi connectivity index (χ0n) is 7.83. The van der Waals surface area contributed by atoms with Crippen LogP contribution in [0.1, 0.15) is 13.3 Å². The van der Waals surface area contributed by atoms with Crippen LogP contribution in [0.4, 0.5) is 5.82 Å². The number of carbonyl (C=O) groups is 1. The standard InChI is InChI=1S/C10H11BrN2O/c1-6-5-7(6)10(14)13-9-4-2-3-8(11)12-9/h2-4,6-7H,5H2,1H3,(H,12,13,14). The van der Waals surface area contributed by atoms with E-state index in [4.69, 9.17) is 0 Å². The van der Waals surface area contributed by atoms with E-state index < -0.39 is 0 Å². The minimum absolute atomic E-state index is 0.0862. The number of anilines is 1. The van der Waals surface area contributed by atoms with Crippen molar-refractivity contribution in [2.75, 3.05) is 5.32 Å². The summed E-state index contributed by atoms with van der Waals surface area (Å²) in [5.41, 5.74) is 0. The molecule has 0 saturated heterocycles. The minimum atomic E-state index is 0.0862. The molecule has 1 aliphatic rings. The molecule has 2 atom stereocenters. The van der Waals surface area contributed by atoms with Crippen molar-refractivity contribution in [3.63, 3.8) is 0 Å². The summed E-state index contributed by atoms with van der Waals surface area (Å²) in [6.07, 6.45) is 1.000. The minimum Gasteiger partial charge on any atom is -0.310 e. The van der Waals surface area contributed by atoms with E-state index in [1.54, 1.807) is 6.07 Å². The molecule has 1 fully saturated rings. The monoisotopic (exact) mass is 254 g/mol. The highest BCUT2D eigenvalue weighted by molar-refractivity contribution is 9.10. The second-order valence-electron chi connectivity index (χ2n) is 3.65. The van der Waals surface area contributed by atoms with Crippen LogP contribution in [0.3, 0.4) is 0 Å². The lowest BCUT2D eigenvalue weighted by Gasteiger charge is -2.02. The van der Waals surface area contributed by atoms with Gasteiger partial charge in [-0.05, 0) is 40.4 Å². The van der Waals surface area contributed by atoms with E-state index in [0.717, 1.165) is 11.0 Å². The molecule has 1 aliphatic carbocycles. The molecular formula is C10H11BrN2O. The van der Waals surface area contributed by atoms with Gasteiger partial charge in [-0.3, -0.25) is 4.79 Å². The Balaban J connectivity index is 2.00. The van der Waals surface area contributed by atoms with Crippen LogP contribution >= 0.6 is 15.9 Å². The van der Waals surface area contributed by atoms with Crippen LogP contribution in [0.2, 0.25) is 0 Å². The molecule has 0 aromatic carbocycles. The molecule has 2 unspecified atom stereocenters. The first kappa shape index (κ1) is 9.65. The highest BCUT2D eigenvalue weighted by Crippen LogP contribution is 2.38. The normalized spacial score (nSPS) is 24.4. The van der Waals surface area contributed by atoms with Gasteiger partial charge in [-0.15, -0.1) is 0 Å². The number of halogens is 1. The van der Waals surface area contributed by atoms with Crippen molar-refractivity contribution in [1.82, 2.24) is 4.98 Å². The molecule has 3 nitrogen and oxygen atoms in total. The van der Waals surface area contributed by atoms with Crippen LogP contribution in [-0.2, 0) is 4.79 Å². The van der Waals surface area contributed by atoms with Crippen LogP contribution in [0, 0.1) is 11.8 Å². The van der Waals surface area contributed by atoms with Crippen LogP contribution < -0.4 is 5.32 Å². The van der Waals surface area contributed by atoms with Gasteiger partial charge >= 0.3 is 0 Å². The Morgan fingerprint density at radius 3 is 2.93 bits per heavy atom. The molecule has 1 heterocycles. The highest BCUT2D eigenvalue weighted by atomic mass is 79.9. The first-order valence-electron chi connectivity index (χ1n) is 4.60. The second-order valence-corrected chi connectivity index (χ2v) is 4.47. The van der Waals surface area contributed by atoms with Crippen molar-refractivity contribution < 1.29 is 4.79 Å². The first-order chi connectivity index (χ1) is 6.66. The van der Waals surface area contributed by atoms with Gasteiger partial charge in [0.25, 0.3) is 0 Å². The maximum Gasteiger partial charge on any atom is 0.228 e. The van der Waals surface area contributed by atoms with E-state index in [1.807, 2.05) is 12.1 Å². The molecule has 1 saturated carbocycles. The molecule has 1 N–H and O–H groups in total. The average Bonchev–Trinajstić information content (AvgIpc) is 2.82. The van der Waals surface area contributed by atoms with Crippen LogP contribution in [0.25, 0.3) is 0 Å². The third kappa shape index (κ3) is 2.12. The van der Waals surface area contributed by atoms with Crippen molar-refractivity contribution in [2.24, 2.45) is 11.8 Å². The quantitative estimate of drug-likeness (QED) is 0.824. The van der Waals surface area contributed by atoms with Gasteiger partial charge in [0.05, 0.1) is 0 Å². The SMILES string of the molecule is CC1CC1C(=O)Nc1cccc(Br)n1. The van der Waals surface area contributed by atoms with Crippen molar-refractivity contribution >= 4 is 27.7 Å². The number of carbonyl (C=O) groups excluding carboxylic acids is 1. The molecule has 74 valence electrons. The van der Waals surface area contributed by atoms with Gasteiger partial charge in [-0.1, -0.05) is 13.0 Å². The van der Waals surface area contributed by atoms with Crippen molar-refractivity contribution in [3.8, 4) is 0 Å². The Morgan fingerprint density at radius 1 is 1.64 bits per heavy atom. The Hall–Kier alpha value is -0.900. The molecule has 1 aromatic heterocycles. The van der Waals surface area contributed by atoms with E-state index in [0.29, 0.717) is 11.7 Å². The number of amides is 1. The summed E-state index contributed by atoms with van der Waals surface area (Å²) in [6, 6.07) is 5.47. The molecular weight excluding hydrogens is 244 g/mol. The van der Waals surface area contributed by atoms with Gasteiger partial charge in [0, 0.05) is 5.92 Å². The first-order valence-corrected chi connectivity index (χ1v) is 5.39. The van der Waals surface area contributed by atoms with E-state index in [9.17, 15) is 4.79 Å². The molecule has 4 heteroatoms. The predicted molar refractivity (Wildman–Crippen MR) is 57.8 cm³/mol. The third-order valence-corrected chi connectivity index (χ3v) is 2.85. The van der Waals surface area contributed by atoms with Gasteiger partial charge in [-0.2, -0.15) is 0 Å². The largest absolute Gasteiger partial charge is 0.310 e. The summed E-state index contributed by atoms with van der Waals surface area (Å²) in [5.74, 6) is 1.42. The molecule has 1 aromatic rings. The highest BCUT2D eigenvalue weighted by Gasteiger charge is 2.39. The maximum absolute atomic E-state index is 11.5. The van der Waals surface area contributed by atoms with Crippen LogP contribution in [0.5, 0.6) is 0 Å². The Morgan fingerprint density at radius 2 is 2.36 bits per heavy atom. The maximum atomic E-state index is 11.5. The van der Waals surface area contributed by atoms with Gasteiger partial charge in [-0.25, -0.2) is 4.98 Å². The number of nitrogens with zero attached hydrogens (tertiary/aromatic N) is 1. The molecule has 14 heavy (non-hydrogen) atoms. The van der Waals surface area contributed by atoms with E-state index in [-0.39, 0.29) is 11.8 Å². The van der Waals surface area contributed by atoms with Gasteiger partial charge in [0.1, 0.15) is 10.4 Å². The predicted octanol–water partition coefficient (Wildman–Crippen LogP) is 2.44. The van der Waals surface area contributed by atoms with Gasteiger partial charge in [0.2, 0.25) is 5.91 Å². The van der Waals surface area contributed by atoms with Crippen molar-refractivity contribution in [1.29, 1.82) is 0 Å². The number of hydrogen-bond donors (Lipinski definition) is 1. The topological polar surface area (TPSA) is 42.0 Å². The van der Waals surface area contributed by atoms with Crippen LogP contribution in [0.15, 0.2) is 22.8 Å². The number of hydrogen-bond acceptors (Lipinski definition) is 2. The van der Waals surface area contributed by atoms with Gasteiger partial charge in [0.15, 0.2) is 0 Å². The fourth-order valence-electron chi connectivity index (χ4n) is 1.38. The van der Waals surface area contributed by atoms with Gasteiger partial charge < -0.3 is 5.32 Å². The summed E-state index contributed by atoms with van der Waals surface area (Å²) in [7, 11) is 0. The Kier molecular flexibility index (Phi) is 2.54. The molecule has 0 aliphatic heterocycles. The van der Waals surface area contributed by atoms with Crippen molar-refractivity contribution in [3.05, 3.63) is 22.8 Å². The third-order valence-electron chi connectivity index (χ3n) is 2.41. The zero-order chi connectivity index (χ0) is 10.1. The van der Waals surface area contributed by atoms with Crippen molar-refractivity contribution in [2.45, 2.75) is 13.3 Å². The second kappa shape index (κ2) is 3.69. The summed E-state index contributed by atoms with van der Waals surface area (Å²) >= 11 is 3.25. The molecule has 0 bridgehead atoms. The number of aromatic nitrogens is 1. The summed E-state index contributed by atoms with van der Waals surface area (Å²) in [5, 5.41) is 2.80. The average molecular weight is 255 g/mol. The van der Waals surface area contributed by atoms with E-state index >= 15 is 0 Å². The number of rotatable bonds is 2. The molecule has 2 rings (SSSR count). The van der Waals surface area contributed by atoms with Crippen LogP contribution in [-0.4, -0.2) is 10.9 Å². The van der Waals surface area contributed by atoms with E-state index in [2.05, 4.69) is 33.2 Å². The molecule has 1 amide bonds. The lowest BCUT2D eigenvalue weighted by Crippen LogP contribution is -2.15. The lowest BCUT2D eigenvalue weighted by molar-refractivity contribution is -0.117. The zero-order valence-corrected chi connectivity index (χ0v) is 9.41. The summed E-state index contributed by atoms with van der Waals surface area (Å²) in [6.45, 7) is 2.08. The summed E-state index contributed by atoms with van der Waals surface area (Å²) < 4.78 is 0.735. The Labute approximate surface area is 91.0 Å². The molecule has 0 spiro atoms. The van der Waals surface area contributed by atoms with E-state index in [1.165, 1.54) is 0 Å². The number of nitrogens with one attached hydrogen (secondary N) is 1. The lowest BCUT2D eigenvalue weighted by atomic mass is 10.3. The number of pyridine rings is 1. The Bertz CT molecular complexity index is 367.